The van der Waals surface area contributed by atoms with Gasteiger partial charge in [0.25, 0.3) is 0 Å². The Bertz CT molecular complexity index is 500. The van der Waals surface area contributed by atoms with Gasteiger partial charge in [0, 0.05) is 44.4 Å². The topological polar surface area (TPSA) is 69.7 Å². The summed E-state index contributed by atoms with van der Waals surface area (Å²) in [5.41, 5.74) is 0. The molecule has 0 aliphatic carbocycles. The minimum absolute atomic E-state index is 0.128. The third-order valence-electron chi connectivity index (χ3n) is 5.28. The number of thioether (sulfide) groups is 1. The first-order valence-corrected chi connectivity index (χ1v) is 10.3. The summed E-state index contributed by atoms with van der Waals surface area (Å²) < 4.78 is 0. The number of likely N-dealkylation sites (N-methyl/N-ethyl adjacent to an activating group) is 3. The van der Waals surface area contributed by atoms with E-state index in [0.29, 0.717) is 49.6 Å². The van der Waals surface area contributed by atoms with E-state index < -0.39 is 0 Å². The number of rotatable bonds is 11. The molecule has 0 unspecified atom stereocenters. The molecule has 2 rings (SSSR count). The molecule has 6 nitrogen and oxygen atoms in total. The normalized spacial score (nSPS) is 25.6. The van der Waals surface area contributed by atoms with Crippen molar-refractivity contribution in [1.82, 2.24) is 15.1 Å². The molecule has 2 heterocycles. The van der Waals surface area contributed by atoms with Crippen molar-refractivity contribution in [2.45, 2.75) is 62.3 Å². The SMILES string of the molecule is CNCC(=O)CCCC(=O)CCCC[C@@H]1SC[C@H]2[C@@H]1N(C)C(=O)N2C. The summed E-state index contributed by atoms with van der Waals surface area (Å²) in [6, 6.07) is 0.781. The highest BCUT2D eigenvalue weighted by molar-refractivity contribution is 8.00. The van der Waals surface area contributed by atoms with Crippen molar-refractivity contribution in [3.05, 3.63) is 0 Å². The van der Waals surface area contributed by atoms with Gasteiger partial charge in [-0.25, -0.2) is 4.79 Å². The number of unbranched alkanes of at least 4 members (excludes halogenated alkanes) is 1. The highest BCUT2D eigenvalue weighted by Crippen LogP contribution is 2.40. The lowest BCUT2D eigenvalue weighted by Crippen LogP contribution is -2.38. The van der Waals surface area contributed by atoms with E-state index in [-0.39, 0.29) is 17.6 Å². The molecule has 142 valence electrons. The van der Waals surface area contributed by atoms with Crippen LogP contribution < -0.4 is 5.32 Å². The first kappa shape index (κ1) is 20.2. The van der Waals surface area contributed by atoms with Gasteiger partial charge < -0.3 is 15.1 Å². The number of amides is 2. The zero-order chi connectivity index (χ0) is 18.4. The molecule has 0 spiro atoms. The van der Waals surface area contributed by atoms with Gasteiger partial charge in [0.2, 0.25) is 0 Å². The molecule has 0 aromatic heterocycles. The number of Topliss-reactive ketones (excluding diaryl/α,β-unsaturated/α-hetero) is 2. The Balaban J connectivity index is 1.59. The number of hydrogen-bond acceptors (Lipinski definition) is 5. The first-order chi connectivity index (χ1) is 12.0. The molecule has 0 aromatic rings. The van der Waals surface area contributed by atoms with Gasteiger partial charge >= 0.3 is 6.03 Å². The van der Waals surface area contributed by atoms with Crippen molar-refractivity contribution in [3.8, 4) is 0 Å². The second kappa shape index (κ2) is 9.57. The van der Waals surface area contributed by atoms with Gasteiger partial charge in [-0.2, -0.15) is 11.8 Å². The van der Waals surface area contributed by atoms with E-state index in [1.165, 1.54) is 0 Å². The molecule has 0 aromatic carbocycles. The average molecular weight is 370 g/mol. The fourth-order valence-electron chi connectivity index (χ4n) is 3.85. The first-order valence-electron chi connectivity index (χ1n) is 9.25. The number of ketones is 2. The summed E-state index contributed by atoms with van der Waals surface area (Å²) in [6.45, 7) is 0.390. The Kier molecular flexibility index (Phi) is 7.75. The van der Waals surface area contributed by atoms with Gasteiger partial charge in [-0.1, -0.05) is 6.42 Å². The van der Waals surface area contributed by atoms with Crippen LogP contribution in [0.25, 0.3) is 0 Å². The van der Waals surface area contributed by atoms with Crippen LogP contribution in [-0.4, -0.2) is 78.2 Å². The van der Waals surface area contributed by atoms with Gasteiger partial charge in [0.05, 0.1) is 18.6 Å². The number of nitrogens with one attached hydrogen (secondary N) is 1. The van der Waals surface area contributed by atoms with Crippen molar-refractivity contribution in [3.63, 3.8) is 0 Å². The lowest BCUT2D eigenvalue weighted by atomic mass is 10.00. The molecule has 7 heteroatoms. The molecule has 25 heavy (non-hydrogen) atoms. The number of carbonyl (C=O) groups excluding carboxylic acids is 3. The maximum absolute atomic E-state index is 12.0. The molecule has 3 atom stereocenters. The van der Waals surface area contributed by atoms with Crippen LogP contribution in [0.5, 0.6) is 0 Å². The van der Waals surface area contributed by atoms with Crippen LogP contribution in [0, 0.1) is 0 Å². The molecule has 2 amide bonds. The summed E-state index contributed by atoms with van der Waals surface area (Å²) in [4.78, 5) is 39.1. The number of nitrogens with zero attached hydrogens (tertiary/aromatic N) is 2. The number of hydrogen-bond donors (Lipinski definition) is 1. The van der Waals surface area contributed by atoms with Gasteiger partial charge in [-0.15, -0.1) is 0 Å². The van der Waals surface area contributed by atoms with E-state index in [9.17, 15) is 14.4 Å². The Labute approximate surface area is 155 Å². The molecule has 2 aliphatic heterocycles. The van der Waals surface area contributed by atoms with Crippen LogP contribution in [0.4, 0.5) is 4.79 Å². The van der Waals surface area contributed by atoms with Crippen molar-refractivity contribution in [2.75, 3.05) is 33.4 Å². The van der Waals surface area contributed by atoms with Gasteiger partial charge in [0.1, 0.15) is 11.6 Å². The lowest BCUT2D eigenvalue weighted by Gasteiger charge is -2.23. The molecule has 0 bridgehead atoms. The standard InChI is InChI=1S/C18H31N3O3S/c1-19-11-14(23)9-6-8-13(22)7-4-5-10-16-17-15(12-25-16)20(2)18(24)21(17)3/h15-17,19H,4-12H2,1-3H3/t15-,16-,17-/m0/s1. The van der Waals surface area contributed by atoms with Gasteiger partial charge in [-0.3, -0.25) is 9.59 Å². The summed E-state index contributed by atoms with van der Waals surface area (Å²) in [7, 11) is 5.55. The van der Waals surface area contributed by atoms with Gasteiger partial charge in [0.15, 0.2) is 0 Å². The number of urea groups is 1. The quantitative estimate of drug-likeness (QED) is 0.445. The highest BCUT2D eigenvalue weighted by Gasteiger charge is 2.49. The van der Waals surface area contributed by atoms with E-state index in [0.717, 1.165) is 25.0 Å². The molecule has 2 fully saturated rings. The van der Waals surface area contributed by atoms with E-state index in [1.54, 1.807) is 7.05 Å². The van der Waals surface area contributed by atoms with E-state index in [2.05, 4.69) is 5.32 Å². The lowest BCUT2D eigenvalue weighted by molar-refractivity contribution is -0.120. The molecule has 2 aliphatic rings. The third kappa shape index (κ3) is 5.20. The van der Waals surface area contributed by atoms with Crippen LogP contribution in [0.3, 0.4) is 0 Å². The molecular weight excluding hydrogens is 338 g/mol. The van der Waals surface area contributed by atoms with Crippen LogP contribution in [0.2, 0.25) is 0 Å². The Morgan fingerprint density at radius 1 is 1.08 bits per heavy atom. The van der Waals surface area contributed by atoms with E-state index >= 15 is 0 Å². The Morgan fingerprint density at radius 2 is 1.76 bits per heavy atom. The van der Waals surface area contributed by atoms with Crippen molar-refractivity contribution >= 4 is 29.4 Å². The zero-order valence-corrected chi connectivity index (χ0v) is 16.4. The fourth-order valence-corrected chi connectivity index (χ4v) is 5.61. The third-order valence-corrected chi connectivity index (χ3v) is 6.76. The summed E-state index contributed by atoms with van der Waals surface area (Å²) >= 11 is 1.96. The minimum Gasteiger partial charge on any atom is -0.322 e. The van der Waals surface area contributed by atoms with Crippen LogP contribution in [-0.2, 0) is 9.59 Å². The fraction of sp³-hybridized carbons (Fsp3) is 0.833. The summed E-state index contributed by atoms with van der Waals surface area (Å²) in [5, 5.41) is 3.32. The molecule has 1 N–H and O–H groups in total. The van der Waals surface area contributed by atoms with Gasteiger partial charge in [-0.05, 0) is 26.3 Å². The molecule has 2 saturated heterocycles. The molecular formula is C18H31N3O3S. The van der Waals surface area contributed by atoms with Crippen molar-refractivity contribution < 1.29 is 14.4 Å². The van der Waals surface area contributed by atoms with Crippen LogP contribution in [0.1, 0.15) is 44.9 Å². The average Bonchev–Trinajstić information content (AvgIpc) is 3.08. The van der Waals surface area contributed by atoms with E-state index in [1.807, 2.05) is 35.7 Å². The molecule has 0 radical (unpaired) electrons. The Hall–Kier alpha value is -1.08. The van der Waals surface area contributed by atoms with Crippen LogP contribution in [0.15, 0.2) is 0 Å². The predicted octanol–water partition coefficient (Wildman–Crippen LogP) is 1.92. The second-order valence-electron chi connectivity index (χ2n) is 7.14. The second-order valence-corrected chi connectivity index (χ2v) is 8.41. The zero-order valence-electron chi connectivity index (χ0n) is 15.6. The maximum atomic E-state index is 12.0. The summed E-state index contributed by atoms with van der Waals surface area (Å²) in [6.07, 6.45) is 5.28. The maximum Gasteiger partial charge on any atom is 0.320 e. The van der Waals surface area contributed by atoms with Crippen LogP contribution >= 0.6 is 11.8 Å². The predicted molar refractivity (Wildman–Crippen MR) is 101 cm³/mol. The summed E-state index contributed by atoms with van der Waals surface area (Å²) in [5.74, 6) is 1.45. The minimum atomic E-state index is 0.128. The van der Waals surface area contributed by atoms with E-state index in [4.69, 9.17) is 0 Å². The largest absolute Gasteiger partial charge is 0.322 e. The number of fused-ring (bicyclic) bond motifs is 1. The Morgan fingerprint density at radius 3 is 2.48 bits per heavy atom. The smallest absolute Gasteiger partial charge is 0.320 e. The van der Waals surface area contributed by atoms with Crippen molar-refractivity contribution in [1.29, 1.82) is 0 Å². The number of carbonyl (C=O) groups is 3. The molecule has 0 saturated carbocycles. The van der Waals surface area contributed by atoms with Crippen molar-refractivity contribution in [2.24, 2.45) is 0 Å². The monoisotopic (exact) mass is 369 g/mol. The highest BCUT2D eigenvalue weighted by atomic mass is 32.2.